The highest BCUT2D eigenvalue weighted by Crippen LogP contribution is 2.57. The van der Waals surface area contributed by atoms with Gasteiger partial charge in [0.2, 0.25) is 0 Å². The number of benzene rings is 4. The predicted molar refractivity (Wildman–Crippen MR) is 184 cm³/mol. The van der Waals surface area contributed by atoms with E-state index in [0.29, 0.717) is 24.8 Å². The third kappa shape index (κ3) is 4.52. The van der Waals surface area contributed by atoms with Gasteiger partial charge in [-0.2, -0.15) is 0 Å². The standard InChI is InChI=1S/C41H37NO6/c43-18-4-16-41(17-5-19-44)34-8-2-1-6-27(34)28-14-12-26(23-35(28)41)42-36-9-3-7-29(36)31-20-24(10-15-37(31)42)21-33-38(45)30-13-11-25(40(47)48)22-32(30)39(33)46/h1-2,6,8,10-15,20-23,29,36,43-44H,3-5,7,9,16-19H2,(H,47,48)/b33-21-. The van der Waals surface area contributed by atoms with Crippen molar-refractivity contribution in [1.29, 1.82) is 0 Å². The summed E-state index contributed by atoms with van der Waals surface area (Å²) in [6, 6.07) is 25.9. The number of allylic oxidation sites excluding steroid dienone is 1. The van der Waals surface area contributed by atoms with Crippen molar-refractivity contribution in [3.8, 4) is 11.1 Å². The Labute approximate surface area is 279 Å². The number of anilines is 2. The molecule has 7 heteroatoms. The van der Waals surface area contributed by atoms with Gasteiger partial charge in [-0.3, -0.25) is 9.59 Å². The van der Waals surface area contributed by atoms with Gasteiger partial charge in [-0.1, -0.05) is 42.8 Å². The van der Waals surface area contributed by atoms with Gasteiger partial charge in [0.25, 0.3) is 0 Å². The molecule has 4 aromatic rings. The average molecular weight is 640 g/mol. The first-order valence-electron chi connectivity index (χ1n) is 16.9. The molecule has 4 aromatic carbocycles. The monoisotopic (exact) mass is 639 g/mol. The maximum Gasteiger partial charge on any atom is 0.335 e. The minimum absolute atomic E-state index is 0.0180. The molecule has 1 aliphatic heterocycles. The van der Waals surface area contributed by atoms with E-state index in [1.54, 1.807) is 6.08 Å². The normalized spacial score (nSPS) is 20.5. The highest BCUT2D eigenvalue weighted by molar-refractivity contribution is 6.41. The first-order valence-corrected chi connectivity index (χ1v) is 16.9. The lowest BCUT2D eigenvalue weighted by Crippen LogP contribution is -2.29. The molecule has 8 rings (SSSR count). The largest absolute Gasteiger partial charge is 0.478 e. The van der Waals surface area contributed by atoms with E-state index in [0.717, 1.165) is 49.0 Å². The summed E-state index contributed by atoms with van der Waals surface area (Å²) in [5.41, 5.74) is 9.38. The van der Waals surface area contributed by atoms with Crippen molar-refractivity contribution in [2.45, 2.75) is 62.3 Å². The number of hydrogen-bond donors (Lipinski definition) is 3. The summed E-state index contributed by atoms with van der Waals surface area (Å²) in [5.74, 6) is -1.64. The first-order chi connectivity index (χ1) is 23.4. The fourth-order valence-electron chi connectivity index (χ4n) is 9.07. The molecule has 48 heavy (non-hydrogen) atoms. The van der Waals surface area contributed by atoms with Gasteiger partial charge in [0.1, 0.15) is 0 Å². The van der Waals surface area contributed by atoms with E-state index in [4.69, 9.17) is 0 Å². The number of hydrogen-bond acceptors (Lipinski definition) is 6. The Morgan fingerprint density at radius 3 is 2.29 bits per heavy atom. The summed E-state index contributed by atoms with van der Waals surface area (Å²) in [7, 11) is 0. The second kappa shape index (κ2) is 11.7. The van der Waals surface area contributed by atoms with Crippen molar-refractivity contribution in [2.24, 2.45) is 0 Å². The lowest BCUT2D eigenvalue weighted by Gasteiger charge is -2.34. The van der Waals surface area contributed by atoms with Crippen molar-refractivity contribution >= 4 is 35.0 Å². The lowest BCUT2D eigenvalue weighted by molar-refractivity contribution is 0.0696. The summed E-state index contributed by atoms with van der Waals surface area (Å²) in [6.45, 7) is 0.235. The Morgan fingerprint density at radius 1 is 0.792 bits per heavy atom. The Hall–Kier alpha value is -4.85. The predicted octanol–water partition coefficient (Wildman–Crippen LogP) is 7.45. The van der Waals surface area contributed by atoms with Crippen LogP contribution >= 0.6 is 0 Å². The zero-order valence-corrected chi connectivity index (χ0v) is 26.6. The number of aliphatic hydroxyl groups excluding tert-OH is 2. The van der Waals surface area contributed by atoms with E-state index in [1.165, 1.54) is 46.0 Å². The van der Waals surface area contributed by atoms with Crippen LogP contribution < -0.4 is 4.90 Å². The summed E-state index contributed by atoms with van der Waals surface area (Å²) < 4.78 is 0. The molecule has 0 spiro atoms. The van der Waals surface area contributed by atoms with E-state index in [2.05, 4.69) is 59.5 Å². The third-order valence-corrected chi connectivity index (χ3v) is 11.1. The molecule has 3 N–H and O–H groups in total. The van der Waals surface area contributed by atoms with Crippen LogP contribution in [0.1, 0.15) is 104 Å². The second-order valence-corrected chi connectivity index (χ2v) is 13.6. The van der Waals surface area contributed by atoms with E-state index in [-0.39, 0.29) is 46.7 Å². The lowest BCUT2D eigenvalue weighted by atomic mass is 9.71. The van der Waals surface area contributed by atoms with Gasteiger partial charge < -0.3 is 20.2 Å². The molecule has 0 radical (unpaired) electrons. The molecule has 0 aromatic heterocycles. The Kier molecular flexibility index (Phi) is 7.42. The number of carbonyl (C=O) groups is 3. The fraction of sp³-hybridized carbons (Fsp3) is 0.293. The maximum absolute atomic E-state index is 13.3. The molecule has 0 saturated heterocycles. The maximum atomic E-state index is 13.3. The van der Waals surface area contributed by atoms with Gasteiger partial charge >= 0.3 is 5.97 Å². The minimum atomic E-state index is -1.14. The van der Waals surface area contributed by atoms with Crippen LogP contribution in [0.5, 0.6) is 0 Å². The third-order valence-electron chi connectivity index (χ3n) is 11.1. The number of rotatable bonds is 9. The van der Waals surface area contributed by atoms with Crippen LogP contribution in [0.3, 0.4) is 0 Å². The summed E-state index contributed by atoms with van der Waals surface area (Å²) in [6.07, 6.45) is 7.84. The number of carboxylic acids is 1. The van der Waals surface area contributed by atoms with E-state index < -0.39 is 11.8 Å². The number of aromatic carboxylic acids is 1. The molecule has 7 nitrogen and oxygen atoms in total. The first kappa shape index (κ1) is 30.5. The number of carboxylic acid groups (broad SMARTS) is 1. The van der Waals surface area contributed by atoms with E-state index in [9.17, 15) is 29.7 Å². The number of nitrogens with zero attached hydrogens (tertiary/aromatic N) is 1. The van der Waals surface area contributed by atoms with Crippen LogP contribution in [-0.2, 0) is 5.41 Å². The van der Waals surface area contributed by atoms with Gasteiger partial charge in [-0.05, 0) is 120 Å². The molecular formula is C41H37NO6. The average Bonchev–Trinajstić information content (AvgIpc) is 3.83. The van der Waals surface area contributed by atoms with Crippen molar-refractivity contribution in [3.05, 3.63) is 123 Å². The SMILES string of the molecule is O=C(O)c1ccc2c(c1)C(=O)/C(=C\c1ccc3c(c1)C1CCCC1N3c1ccc3c(c1)C(CCCO)(CCCO)c1ccccc1-3)C2=O. The van der Waals surface area contributed by atoms with Gasteiger partial charge in [0.05, 0.1) is 11.1 Å². The molecule has 1 fully saturated rings. The Bertz CT molecular complexity index is 2030. The quantitative estimate of drug-likeness (QED) is 0.129. The number of Topliss-reactive ketones (excluding diaryl/α,β-unsaturated/α-hetero) is 2. The van der Waals surface area contributed by atoms with Crippen molar-refractivity contribution in [3.63, 3.8) is 0 Å². The number of aliphatic hydroxyl groups is 2. The molecule has 0 bridgehead atoms. The molecule has 3 aliphatic carbocycles. The zero-order chi connectivity index (χ0) is 33.2. The second-order valence-electron chi connectivity index (χ2n) is 13.6. The fourth-order valence-corrected chi connectivity index (χ4v) is 9.07. The van der Waals surface area contributed by atoms with E-state index in [1.807, 2.05) is 6.07 Å². The summed E-state index contributed by atoms with van der Waals surface area (Å²) >= 11 is 0. The van der Waals surface area contributed by atoms with Crippen LogP contribution in [0.4, 0.5) is 11.4 Å². The smallest absolute Gasteiger partial charge is 0.335 e. The molecule has 0 amide bonds. The Morgan fingerprint density at radius 2 is 1.52 bits per heavy atom. The molecule has 242 valence electrons. The van der Waals surface area contributed by atoms with Crippen LogP contribution in [0.15, 0.2) is 84.4 Å². The van der Waals surface area contributed by atoms with Crippen molar-refractivity contribution < 1.29 is 29.7 Å². The van der Waals surface area contributed by atoms with Gasteiger partial charge in [-0.15, -0.1) is 0 Å². The van der Waals surface area contributed by atoms with E-state index >= 15 is 0 Å². The molecular weight excluding hydrogens is 602 g/mol. The van der Waals surface area contributed by atoms with Crippen LogP contribution in [0.25, 0.3) is 17.2 Å². The summed E-state index contributed by atoms with van der Waals surface area (Å²) in [4.78, 5) is 40.5. The van der Waals surface area contributed by atoms with Gasteiger partial charge in [0, 0.05) is 53.1 Å². The van der Waals surface area contributed by atoms with Crippen molar-refractivity contribution in [1.82, 2.24) is 0 Å². The number of ketones is 2. The molecule has 2 atom stereocenters. The molecule has 1 heterocycles. The summed E-state index contributed by atoms with van der Waals surface area (Å²) in [5, 5.41) is 29.2. The van der Waals surface area contributed by atoms with Crippen LogP contribution in [0, 0.1) is 0 Å². The van der Waals surface area contributed by atoms with Crippen LogP contribution in [-0.4, -0.2) is 52.1 Å². The number of carbonyl (C=O) groups excluding carboxylic acids is 2. The topological polar surface area (TPSA) is 115 Å². The van der Waals surface area contributed by atoms with Gasteiger partial charge in [0.15, 0.2) is 11.6 Å². The number of fused-ring (bicyclic) bond motifs is 7. The highest BCUT2D eigenvalue weighted by Gasteiger charge is 2.45. The Balaban J connectivity index is 1.19. The molecule has 4 aliphatic rings. The van der Waals surface area contributed by atoms with Gasteiger partial charge in [-0.25, -0.2) is 4.79 Å². The van der Waals surface area contributed by atoms with Crippen molar-refractivity contribution in [2.75, 3.05) is 18.1 Å². The minimum Gasteiger partial charge on any atom is -0.478 e. The zero-order valence-electron chi connectivity index (χ0n) is 26.6. The molecule has 1 saturated carbocycles. The highest BCUT2D eigenvalue weighted by atomic mass is 16.4. The molecule has 2 unspecified atom stereocenters. The van der Waals surface area contributed by atoms with Crippen LogP contribution in [0.2, 0.25) is 0 Å².